The number of halogens is 1. The molecule has 0 bridgehead atoms. The molecule has 1 atom stereocenters. The minimum absolute atomic E-state index is 0.00348. The zero-order valence-corrected chi connectivity index (χ0v) is 12.1. The molecule has 0 radical (unpaired) electrons. The summed E-state index contributed by atoms with van der Waals surface area (Å²) in [6, 6.07) is 10.8. The maximum atomic E-state index is 13.8. The summed E-state index contributed by atoms with van der Waals surface area (Å²) in [6.07, 6.45) is 1.78. The number of rotatable bonds is 5. The highest BCUT2D eigenvalue weighted by Gasteiger charge is 2.15. The smallest absolute Gasteiger partial charge is 0.127 e. The third kappa shape index (κ3) is 3.33. The third-order valence-corrected chi connectivity index (χ3v) is 3.53. The molecule has 0 aliphatic carbocycles. The van der Waals surface area contributed by atoms with Gasteiger partial charge in [-0.15, -0.1) is 0 Å². The summed E-state index contributed by atoms with van der Waals surface area (Å²) in [5.41, 5.74) is 2.70. The molecule has 4 heteroatoms. The quantitative estimate of drug-likeness (QED) is 0.904. The zero-order valence-electron chi connectivity index (χ0n) is 12.1. The van der Waals surface area contributed by atoms with E-state index in [0.29, 0.717) is 12.1 Å². The molecule has 0 saturated carbocycles. The molecule has 0 spiro atoms. The average molecular weight is 273 g/mol. The molecule has 1 unspecified atom stereocenters. The fraction of sp³-hybridized carbons (Fsp3) is 0.312. The highest BCUT2D eigenvalue weighted by atomic mass is 19.1. The summed E-state index contributed by atoms with van der Waals surface area (Å²) in [5, 5.41) is 3.09. The van der Waals surface area contributed by atoms with E-state index < -0.39 is 0 Å². The van der Waals surface area contributed by atoms with Crippen molar-refractivity contribution in [1.82, 2.24) is 9.88 Å². The van der Waals surface area contributed by atoms with Gasteiger partial charge in [0.1, 0.15) is 5.82 Å². The lowest BCUT2D eigenvalue weighted by Gasteiger charge is -2.25. The van der Waals surface area contributed by atoms with Gasteiger partial charge in [0, 0.05) is 37.1 Å². The molecule has 0 aliphatic rings. The van der Waals surface area contributed by atoms with Crippen molar-refractivity contribution in [2.45, 2.75) is 19.5 Å². The average Bonchev–Trinajstić information content (AvgIpc) is 2.47. The molecule has 1 aromatic carbocycles. The summed E-state index contributed by atoms with van der Waals surface area (Å²) in [4.78, 5) is 6.43. The van der Waals surface area contributed by atoms with Crippen LogP contribution in [-0.2, 0) is 6.54 Å². The number of nitrogens with zero attached hydrogens (tertiary/aromatic N) is 2. The predicted octanol–water partition coefficient (Wildman–Crippen LogP) is 3.46. The van der Waals surface area contributed by atoms with Crippen LogP contribution in [-0.4, -0.2) is 24.0 Å². The van der Waals surface area contributed by atoms with Crippen LogP contribution in [0.1, 0.15) is 24.2 Å². The Morgan fingerprint density at radius 2 is 2.05 bits per heavy atom. The van der Waals surface area contributed by atoms with Crippen LogP contribution in [0.25, 0.3) is 0 Å². The van der Waals surface area contributed by atoms with E-state index in [1.54, 1.807) is 12.3 Å². The van der Waals surface area contributed by atoms with Crippen LogP contribution < -0.4 is 5.32 Å². The lowest BCUT2D eigenvalue weighted by atomic mass is 10.1. The first-order valence-corrected chi connectivity index (χ1v) is 6.69. The summed E-state index contributed by atoms with van der Waals surface area (Å²) < 4.78 is 13.8. The van der Waals surface area contributed by atoms with Gasteiger partial charge in [-0.1, -0.05) is 18.2 Å². The lowest BCUT2D eigenvalue weighted by molar-refractivity contribution is 0.245. The van der Waals surface area contributed by atoms with Crippen LogP contribution in [0.3, 0.4) is 0 Å². The third-order valence-electron chi connectivity index (χ3n) is 3.53. The van der Waals surface area contributed by atoms with Gasteiger partial charge in [-0.25, -0.2) is 4.39 Å². The fourth-order valence-corrected chi connectivity index (χ4v) is 2.16. The first-order chi connectivity index (χ1) is 9.61. The minimum atomic E-state index is -0.163. The van der Waals surface area contributed by atoms with Crippen molar-refractivity contribution >= 4 is 5.69 Å². The molecule has 1 heterocycles. The molecule has 20 heavy (non-hydrogen) atoms. The van der Waals surface area contributed by atoms with Crippen LogP contribution in [0.5, 0.6) is 0 Å². The van der Waals surface area contributed by atoms with Gasteiger partial charge in [0.2, 0.25) is 0 Å². The van der Waals surface area contributed by atoms with E-state index in [0.717, 1.165) is 11.4 Å². The van der Waals surface area contributed by atoms with Gasteiger partial charge in [0.15, 0.2) is 0 Å². The van der Waals surface area contributed by atoms with Crippen LogP contribution in [0.2, 0.25) is 0 Å². The SMILES string of the molecule is CNc1ccnc(CN(C)C(C)c2ccccc2F)c1. The topological polar surface area (TPSA) is 28.2 Å². The van der Waals surface area contributed by atoms with Crippen molar-refractivity contribution in [2.24, 2.45) is 0 Å². The number of aromatic nitrogens is 1. The standard InChI is InChI=1S/C16H20FN3/c1-12(15-6-4-5-7-16(15)17)20(3)11-14-10-13(18-2)8-9-19-14/h4-10,12H,11H2,1-3H3,(H,18,19). The first kappa shape index (κ1) is 14.5. The minimum Gasteiger partial charge on any atom is -0.388 e. The van der Waals surface area contributed by atoms with Crippen molar-refractivity contribution in [3.05, 3.63) is 59.7 Å². The summed E-state index contributed by atoms with van der Waals surface area (Å²) in [7, 11) is 3.86. The molecule has 2 rings (SSSR count). The van der Waals surface area contributed by atoms with E-state index >= 15 is 0 Å². The molecule has 106 valence electrons. The van der Waals surface area contributed by atoms with Crippen molar-refractivity contribution in [3.8, 4) is 0 Å². The molecule has 0 fully saturated rings. The van der Waals surface area contributed by atoms with Gasteiger partial charge in [0.25, 0.3) is 0 Å². The number of benzene rings is 1. The molecular formula is C16H20FN3. The number of hydrogen-bond acceptors (Lipinski definition) is 3. The van der Waals surface area contributed by atoms with Gasteiger partial charge in [-0.2, -0.15) is 0 Å². The molecule has 0 amide bonds. The van der Waals surface area contributed by atoms with Crippen LogP contribution >= 0.6 is 0 Å². The van der Waals surface area contributed by atoms with Crippen molar-refractivity contribution < 1.29 is 4.39 Å². The summed E-state index contributed by atoms with van der Waals surface area (Å²) in [6.45, 7) is 2.67. The molecule has 2 aromatic rings. The normalized spacial score (nSPS) is 12.4. The number of hydrogen-bond donors (Lipinski definition) is 1. The molecular weight excluding hydrogens is 253 g/mol. The lowest BCUT2D eigenvalue weighted by Crippen LogP contribution is -2.23. The van der Waals surface area contributed by atoms with Gasteiger partial charge in [-0.05, 0) is 32.2 Å². The van der Waals surface area contributed by atoms with Crippen molar-refractivity contribution in [1.29, 1.82) is 0 Å². The molecule has 0 saturated heterocycles. The van der Waals surface area contributed by atoms with E-state index in [1.165, 1.54) is 6.07 Å². The Kier molecular flexibility index (Phi) is 4.69. The summed E-state index contributed by atoms with van der Waals surface area (Å²) >= 11 is 0. The Bertz CT molecular complexity index is 571. The second-order valence-electron chi connectivity index (χ2n) is 4.90. The molecule has 3 nitrogen and oxygen atoms in total. The maximum absolute atomic E-state index is 13.8. The van der Waals surface area contributed by atoms with Crippen LogP contribution in [0, 0.1) is 5.82 Å². The van der Waals surface area contributed by atoms with Gasteiger partial charge in [0.05, 0.1) is 5.69 Å². The Hall–Kier alpha value is -1.94. The second-order valence-corrected chi connectivity index (χ2v) is 4.90. The molecule has 0 aliphatic heterocycles. The number of nitrogens with one attached hydrogen (secondary N) is 1. The van der Waals surface area contributed by atoms with E-state index in [9.17, 15) is 4.39 Å². The molecule has 1 N–H and O–H groups in total. The number of pyridine rings is 1. The van der Waals surface area contributed by atoms with E-state index in [2.05, 4.69) is 15.2 Å². The van der Waals surface area contributed by atoms with E-state index in [1.807, 2.05) is 45.3 Å². The highest BCUT2D eigenvalue weighted by molar-refractivity contribution is 5.42. The first-order valence-electron chi connectivity index (χ1n) is 6.69. The Morgan fingerprint density at radius 1 is 1.30 bits per heavy atom. The predicted molar refractivity (Wildman–Crippen MR) is 80.1 cm³/mol. The van der Waals surface area contributed by atoms with Crippen molar-refractivity contribution in [2.75, 3.05) is 19.4 Å². The number of anilines is 1. The second kappa shape index (κ2) is 6.48. The maximum Gasteiger partial charge on any atom is 0.127 e. The summed E-state index contributed by atoms with van der Waals surface area (Å²) in [5.74, 6) is -0.163. The van der Waals surface area contributed by atoms with Gasteiger partial charge >= 0.3 is 0 Å². The van der Waals surface area contributed by atoms with Crippen LogP contribution in [0.4, 0.5) is 10.1 Å². The van der Waals surface area contributed by atoms with E-state index in [4.69, 9.17) is 0 Å². The van der Waals surface area contributed by atoms with Crippen LogP contribution in [0.15, 0.2) is 42.6 Å². The highest BCUT2D eigenvalue weighted by Crippen LogP contribution is 2.23. The van der Waals surface area contributed by atoms with Gasteiger partial charge < -0.3 is 5.32 Å². The molecule has 1 aromatic heterocycles. The fourth-order valence-electron chi connectivity index (χ4n) is 2.16. The zero-order chi connectivity index (χ0) is 14.5. The van der Waals surface area contributed by atoms with Gasteiger partial charge in [-0.3, -0.25) is 9.88 Å². The Labute approximate surface area is 119 Å². The van der Waals surface area contributed by atoms with Crippen molar-refractivity contribution in [3.63, 3.8) is 0 Å². The Morgan fingerprint density at radius 3 is 2.75 bits per heavy atom. The largest absolute Gasteiger partial charge is 0.388 e. The Balaban J connectivity index is 2.11. The monoisotopic (exact) mass is 273 g/mol. The van der Waals surface area contributed by atoms with E-state index in [-0.39, 0.29) is 11.9 Å².